The van der Waals surface area contributed by atoms with Crippen molar-refractivity contribution in [1.82, 2.24) is 10.3 Å². The number of benzene rings is 1. The number of hydrogen-bond donors (Lipinski definition) is 2. The van der Waals surface area contributed by atoms with E-state index < -0.39 is 21.8 Å². The summed E-state index contributed by atoms with van der Waals surface area (Å²) in [6.45, 7) is 1.88. The third-order valence-corrected chi connectivity index (χ3v) is 5.99. The van der Waals surface area contributed by atoms with E-state index in [4.69, 9.17) is 0 Å². The van der Waals surface area contributed by atoms with Crippen LogP contribution in [0.15, 0.2) is 42.7 Å². The van der Waals surface area contributed by atoms with Crippen LogP contribution in [-0.4, -0.2) is 42.8 Å². The zero-order chi connectivity index (χ0) is 18.7. The van der Waals surface area contributed by atoms with Gasteiger partial charge in [-0.3, -0.25) is 14.6 Å². The molecule has 8 heteroatoms. The van der Waals surface area contributed by atoms with E-state index in [1.54, 1.807) is 6.07 Å². The standard InChI is InChI=1S/C18H19N3O4S/c1-12-4-2-3-5-16(12)21-18(23)14-8-13(9-19-10-14)17(22)20-15-6-7-26(24,25)11-15/h2-5,8-10,15H,6-7,11H2,1H3,(H,20,22)(H,21,23). The van der Waals surface area contributed by atoms with Crippen molar-refractivity contribution < 1.29 is 18.0 Å². The predicted octanol–water partition coefficient (Wildman–Crippen LogP) is 1.56. The lowest BCUT2D eigenvalue weighted by molar-refractivity contribution is 0.0940. The SMILES string of the molecule is Cc1ccccc1NC(=O)c1cncc(C(=O)NC2CCS(=O)(=O)C2)c1. The average Bonchev–Trinajstić information content (AvgIpc) is 2.95. The number of sulfone groups is 1. The highest BCUT2D eigenvalue weighted by Gasteiger charge is 2.29. The third kappa shape index (κ3) is 4.26. The van der Waals surface area contributed by atoms with Crippen molar-refractivity contribution in [2.45, 2.75) is 19.4 Å². The Balaban J connectivity index is 1.70. The summed E-state index contributed by atoms with van der Waals surface area (Å²) < 4.78 is 23.0. The van der Waals surface area contributed by atoms with E-state index in [-0.39, 0.29) is 28.5 Å². The smallest absolute Gasteiger partial charge is 0.257 e. The van der Waals surface area contributed by atoms with Crippen molar-refractivity contribution in [2.75, 3.05) is 16.8 Å². The normalized spacial score (nSPS) is 18.3. The van der Waals surface area contributed by atoms with E-state index in [0.717, 1.165) is 5.56 Å². The van der Waals surface area contributed by atoms with Crippen LogP contribution in [0.5, 0.6) is 0 Å². The van der Waals surface area contributed by atoms with E-state index in [2.05, 4.69) is 15.6 Å². The molecule has 2 amide bonds. The van der Waals surface area contributed by atoms with Gasteiger partial charge in [-0.1, -0.05) is 18.2 Å². The number of aromatic nitrogens is 1. The summed E-state index contributed by atoms with van der Waals surface area (Å²) in [6.07, 6.45) is 3.13. The summed E-state index contributed by atoms with van der Waals surface area (Å²) in [6, 6.07) is 8.41. The number of nitrogens with one attached hydrogen (secondary N) is 2. The van der Waals surface area contributed by atoms with Gasteiger partial charge in [-0.2, -0.15) is 0 Å². The summed E-state index contributed by atoms with van der Waals surface area (Å²) in [5, 5.41) is 5.47. The maximum Gasteiger partial charge on any atom is 0.257 e. The summed E-state index contributed by atoms with van der Waals surface area (Å²) in [4.78, 5) is 28.7. The first-order valence-corrected chi connectivity index (χ1v) is 9.99. The molecule has 2 heterocycles. The number of anilines is 1. The van der Waals surface area contributed by atoms with Gasteiger partial charge >= 0.3 is 0 Å². The Hall–Kier alpha value is -2.74. The molecule has 1 atom stereocenters. The number of aryl methyl sites for hydroxylation is 1. The first-order valence-electron chi connectivity index (χ1n) is 8.17. The number of hydrogen-bond acceptors (Lipinski definition) is 5. The molecule has 1 unspecified atom stereocenters. The molecule has 1 aromatic carbocycles. The van der Waals surface area contributed by atoms with Gasteiger partial charge in [0.05, 0.1) is 22.6 Å². The minimum absolute atomic E-state index is 0.0559. The molecular weight excluding hydrogens is 354 g/mol. The first-order chi connectivity index (χ1) is 12.3. The summed E-state index contributed by atoms with van der Waals surface area (Å²) in [5.41, 5.74) is 2.07. The lowest BCUT2D eigenvalue weighted by Crippen LogP contribution is -2.35. The average molecular weight is 373 g/mol. The van der Waals surface area contributed by atoms with Gasteiger partial charge in [0.1, 0.15) is 0 Å². The van der Waals surface area contributed by atoms with Crippen molar-refractivity contribution in [3.05, 3.63) is 59.4 Å². The van der Waals surface area contributed by atoms with Crippen molar-refractivity contribution in [1.29, 1.82) is 0 Å². The van der Waals surface area contributed by atoms with Crippen molar-refractivity contribution in [3.8, 4) is 0 Å². The Morgan fingerprint density at radius 1 is 1.12 bits per heavy atom. The number of carbonyl (C=O) groups excluding carboxylic acids is 2. The third-order valence-electron chi connectivity index (χ3n) is 4.22. The Labute approximate surface area is 151 Å². The van der Waals surface area contributed by atoms with E-state index in [9.17, 15) is 18.0 Å². The topological polar surface area (TPSA) is 105 Å². The largest absolute Gasteiger partial charge is 0.348 e. The van der Waals surface area contributed by atoms with E-state index in [1.165, 1.54) is 18.5 Å². The fourth-order valence-electron chi connectivity index (χ4n) is 2.77. The molecule has 3 rings (SSSR count). The second-order valence-corrected chi connectivity index (χ2v) is 8.53. The Bertz CT molecular complexity index is 956. The summed E-state index contributed by atoms with van der Waals surface area (Å²) >= 11 is 0. The molecule has 2 N–H and O–H groups in total. The van der Waals surface area contributed by atoms with Crippen LogP contribution in [0, 0.1) is 6.92 Å². The van der Waals surface area contributed by atoms with Crippen LogP contribution in [0.3, 0.4) is 0 Å². The molecule has 136 valence electrons. The molecule has 1 aliphatic heterocycles. The van der Waals surface area contributed by atoms with Crippen LogP contribution in [0.1, 0.15) is 32.7 Å². The zero-order valence-electron chi connectivity index (χ0n) is 14.2. The molecule has 1 saturated heterocycles. The van der Waals surface area contributed by atoms with Gasteiger partial charge < -0.3 is 10.6 Å². The highest BCUT2D eigenvalue weighted by atomic mass is 32.2. The Morgan fingerprint density at radius 2 is 1.81 bits per heavy atom. The molecular formula is C18H19N3O4S. The number of amides is 2. The molecule has 0 aliphatic carbocycles. The van der Waals surface area contributed by atoms with Crippen molar-refractivity contribution >= 4 is 27.3 Å². The van der Waals surface area contributed by atoms with Crippen molar-refractivity contribution in [2.24, 2.45) is 0 Å². The first kappa shape index (κ1) is 18.1. The summed E-state index contributed by atoms with van der Waals surface area (Å²) in [5.74, 6) is -0.788. The van der Waals surface area contributed by atoms with Gasteiger partial charge in [0.2, 0.25) is 0 Å². The maximum atomic E-state index is 12.4. The predicted molar refractivity (Wildman–Crippen MR) is 97.9 cm³/mol. The molecule has 0 bridgehead atoms. The van der Waals surface area contributed by atoms with Crippen LogP contribution in [0.4, 0.5) is 5.69 Å². The molecule has 0 spiro atoms. The Kier molecular flexibility index (Phi) is 5.03. The number of carbonyl (C=O) groups is 2. The molecule has 7 nitrogen and oxygen atoms in total. The lowest BCUT2D eigenvalue weighted by Gasteiger charge is -2.11. The summed E-state index contributed by atoms with van der Waals surface area (Å²) in [7, 11) is -3.08. The molecule has 26 heavy (non-hydrogen) atoms. The highest BCUT2D eigenvalue weighted by molar-refractivity contribution is 7.91. The molecule has 0 radical (unpaired) electrons. The minimum Gasteiger partial charge on any atom is -0.348 e. The van der Waals surface area contributed by atoms with Gasteiger partial charge in [0.15, 0.2) is 9.84 Å². The molecule has 0 saturated carbocycles. The Morgan fingerprint density at radius 3 is 2.46 bits per heavy atom. The van der Waals surface area contributed by atoms with Gasteiger partial charge in [0.25, 0.3) is 11.8 Å². The van der Waals surface area contributed by atoms with Crippen LogP contribution >= 0.6 is 0 Å². The molecule has 2 aromatic rings. The number of para-hydroxylation sites is 1. The number of pyridine rings is 1. The molecule has 1 fully saturated rings. The lowest BCUT2D eigenvalue weighted by atomic mass is 10.1. The van der Waals surface area contributed by atoms with E-state index in [1.807, 2.05) is 25.1 Å². The minimum atomic E-state index is -3.08. The van der Waals surface area contributed by atoms with Gasteiger partial charge in [-0.25, -0.2) is 8.42 Å². The zero-order valence-corrected chi connectivity index (χ0v) is 15.0. The highest BCUT2D eigenvalue weighted by Crippen LogP contribution is 2.15. The number of nitrogens with zero attached hydrogens (tertiary/aromatic N) is 1. The van der Waals surface area contributed by atoms with E-state index in [0.29, 0.717) is 12.1 Å². The molecule has 1 aliphatic rings. The van der Waals surface area contributed by atoms with Gasteiger partial charge in [-0.15, -0.1) is 0 Å². The van der Waals surface area contributed by atoms with Crippen molar-refractivity contribution in [3.63, 3.8) is 0 Å². The number of rotatable bonds is 4. The van der Waals surface area contributed by atoms with Crippen LogP contribution in [0.2, 0.25) is 0 Å². The van der Waals surface area contributed by atoms with Crippen LogP contribution in [0.25, 0.3) is 0 Å². The monoisotopic (exact) mass is 373 g/mol. The van der Waals surface area contributed by atoms with Gasteiger partial charge in [-0.05, 0) is 31.0 Å². The maximum absolute atomic E-state index is 12.4. The van der Waals surface area contributed by atoms with E-state index >= 15 is 0 Å². The molecule has 1 aromatic heterocycles. The second-order valence-electron chi connectivity index (χ2n) is 6.30. The second kappa shape index (κ2) is 7.25. The quantitative estimate of drug-likeness (QED) is 0.846. The fraction of sp³-hybridized carbons (Fsp3) is 0.278. The van der Waals surface area contributed by atoms with Crippen LogP contribution in [-0.2, 0) is 9.84 Å². The fourth-order valence-corrected chi connectivity index (χ4v) is 4.45. The van der Waals surface area contributed by atoms with Crippen LogP contribution < -0.4 is 10.6 Å². The van der Waals surface area contributed by atoms with Gasteiger partial charge in [0, 0.05) is 24.1 Å².